The van der Waals surface area contributed by atoms with Crippen LogP contribution in [-0.4, -0.2) is 99.5 Å². The summed E-state index contributed by atoms with van der Waals surface area (Å²) in [6.45, 7) is 3.08. The van der Waals surface area contributed by atoms with E-state index in [1.807, 2.05) is 65.6 Å². The Morgan fingerprint density at radius 1 is 0.911 bits per heavy atom. The molecule has 0 radical (unpaired) electrons. The maximum absolute atomic E-state index is 13.1. The van der Waals surface area contributed by atoms with Crippen LogP contribution in [0.5, 0.6) is 0 Å². The summed E-state index contributed by atoms with van der Waals surface area (Å²) in [6, 6.07) is 24.6. The Labute approximate surface area is 325 Å². The van der Waals surface area contributed by atoms with E-state index in [9.17, 15) is 28.2 Å². The minimum absolute atomic E-state index is 0.0601. The highest BCUT2D eigenvalue weighted by molar-refractivity contribution is 7.84. The van der Waals surface area contributed by atoms with Crippen LogP contribution in [0, 0.1) is 0 Å². The molecule has 5 N–H and O–H groups in total. The van der Waals surface area contributed by atoms with Gasteiger partial charge in [-0.1, -0.05) is 18.2 Å². The molecule has 7 rings (SSSR count). The number of rotatable bonds is 11. The van der Waals surface area contributed by atoms with E-state index >= 15 is 0 Å². The summed E-state index contributed by atoms with van der Waals surface area (Å²) in [5.41, 5.74) is 10.7. The fraction of sp³-hybridized carbons (Fsp3) is 0.275. The zero-order valence-electron chi connectivity index (χ0n) is 30.7. The van der Waals surface area contributed by atoms with E-state index < -0.39 is 40.5 Å². The number of guanidine groups is 1. The number of imide groups is 2. The van der Waals surface area contributed by atoms with Crippen molar-refractivity contribution in [2.45, 2.75) is 36.6 Å². The van der Waals surface area contributed by atoms with Gasteiger partial charge in [-0.3, -0.25) is 38.4 Å². The van der Waals surface area contributed by atoms with Crippen LogP contribution in [0.1, 0.15) is 46.4 Å². The summed E-state index contributed by atoms with van der Waals surface area (Å²) in [7, 11) is -1.05. The molecule has 2 saturated heterocycles. The maximum atomic E-state index is 13.1. The number of carbonyl (C=O) groups is 5. The molecule has 15 nitrogen and oxygen atoms in total. The molecule has 5 amide bonds. The zero-order valence-corrected chi connectivity index (χ0v) is 31.5. The summed E-state index contributed by atoms with van der Waals surface area (Å²) in [5, 5.41) is 8.54. The molecule has 3 aromatic carbocycles. The van der Waals surface area contributed by atoms with Crippen LogP contribution < -0.4 is 26.6 Å². The summed E-state index contributed by atoms with van der Waals surface area (Å²) >= 11 is 0. The van der Waals surface area contributed by atoms with Gasteiger partial charge in [0.25, 0.3) is 11.8 Å². The number of hydrogen-bond acceptors (Lipinski definition) is 10. The number of piperidine rings is 1. The second kappa shape index (κ2) is 16.5. The van der Waals surface area contributed by atoms with Crippen molar-refractivity contribution in [2.24, 2.45) is 10.7 Å². The van der Waals surface area contributed by atoms with E-state index in [1.165, 1.54) is 0 Å². The van der Waals surface area contributed by atoms with Gasteiger partial charge in [0.2, 0.25) is 17.7 Å². The smallest absolute Gasteiger partial charge is 0.262 e. The van der Waals surface area contributed by atoms with Gasteiger partial charge in [0.15, 0.2) is 11.8 Å². The molecule has 56 heavy (non-hydrogen) atoms. The van der Waals surface area contributed by atoms with Crippen molar-refractivity contribution in [1.82, 2.24) is 20.1 Å². The zero-order chi connectivity index (χ0) is 39.3. The van der Waals surface area contributed by atoms with E-state index in [1.54, 1.807) is 30.5 Å². The Hall–Kier alpha value is -6.42. The lowest BCUT2D eigenvalue weighted by Crippen LogP contribution is -2.54. The Morgan fingerprint density at radius 3 is 2.34 bits per heavy atom. The molecule has 0 bridgehead atoms. The van der Waals surface area contributed by atoms with Crippen molar-refractivity contribution in [3.05, 3.63) is 96.1 Å². The number of aliphatic imine (C=N–C) groups is 1. The molecule has 16 heteroatoms. The lowest BCUT2D eigenvalue weighted by molar-refractivity contribution is -0.136. The number of nitrogens with one attached hydrogen (secondary N) is 3. The highest BCUT2D eigenvalue weighted by atomic mass is 32.2. The molecule has 4 heterocycles. The van der Waals surface area contributed by atoms with Crippen LogP contribution in [0.25, 0.3) is 11.3 Å². The quantitative estimate of drug-likeness (QED) is 0.0753. The van der Waals surface area contributed by atoms with Crippen molar-refractivity contribution >= 4 is 69.2 Å². The topological polar surface area (TPSA) is 200 Å². The standard InChI is InChI=1S/C40H41N9O6S/c1-56(55)29-14-7-25(8-15-29)32-4-2-5-34(44-32)45-40(41)43-26-9-12-28(13-10-26)47-20-22-48(23-21-47)36(51)6-3-19-42-27-11-16-30-31(24-27)39(54)49(38(30)53)33-17-18-35(50)46-37(33)52/h2,4-5,7-16,24,33,42H,3,6,17-23H2,1H3,(H,46,50,52)(H3,41,43,44,45). The van der Waals surface area contributed by atoms with Crippen LogP contribution in [0.15, 0.2) is 94.8 Å². The summed E-state index contributed by atoms with van der Waals surface area (Å²) in [4.78, 5) is 77.7. The Kier molecular flexibility index (Phi) is 11.2. The van der Waals surface area contributed by atoms with E-state index in [0.29, 0.717) is 57.1 Å². The first kappa shape index (κ1) is 37.9. The molecule has 2 atom stereocenters. The monoisotopic (exact) mass is 775 g/mol. The molecule has 0 aliphatic carbocycles. The van der Waals surface area contributed by atoms with Gasteiger partial charge in [0, 0.05) is 90.1 Å². The molecule has 288 valence electrons. The fourth-order valence-electron chi connectivity index (χ4n) is 6.94. The second-order valence-electron chi connectivity index (χ2n) is 13.6. The number of piperazine rings is 1. The largest absolute Gasteiger partial charge is 0.385 e. The Bertz CT molecular complexity index is 2240. The van der Waals surface area contributed by atoms with Gasteiger partial charge in [-0.2, -0.15) is 4.99 Å². The normalized spacial score (nSPS) is 17.8. The predicted molar refractivity (Wildman–Crippen MR) is 213 cm³/mol. The van der Waals surface area contributed by atoms with Crippen molar-refractivity contribution in [3.63, 3.8) is 0 Å². The summed E-state index contributed by atoms with van der Waals surface area (Å²) in [6.07, 6.45) is 2.73. The van der Waals surface area contributed by atoms with E-state index in [-0.39, 0.29) is 35.8 Å². The van der Waals surface area contributed by atoms with Crippen molar-refractivity contribution < 1.29 is 28.2 Å². The third kappa shape index (κ3) is 8.44. The van der Waals surface area contributed by atoms with E-state index in [4.69, 9.17) is 5.73 Å². The van der Waals surface area contributed by atoms with Crippen molar-refractivity contribution in [3.8, 4) is 11.3 Å². The van der Waals surface area contributed by atoms with Gasteiger partial charge in [-0.15, -0.1) is 0 Å². The molecule has 0 saturated carbocycles. The van der Waals surface area contributed by atoms with Gasteiger partial charge >= 0.3 is 0 Å². The number of nitrogens with two attached hydrogens (primary N) is 1. The van der Waals surface area contributed by atoms with Crippen molar-refractivity contribution in [2.75, 3.05) is 54.5 Å². The predicted octanol–water partition coefficient (Wildman–Crippen LogP) is 3.49. The SMILES string of the molecule is CS(=O)c1ccc(-c2cccc(N=C(N)Nc3ccc(N4CCN(C(=O)CCCNc5ccc6c(c5)C(=O)N(C5CCC(=O)NC5=O)C6=O)CC4)cc3)n2)cc1. The van der Waals surface area contributed by atoms with Crippen LogP contribution in [-0.2, 0) is 25.2 Å². The molecular formula is C40H41N9O6S. The minimum Gasteiger partial charge on any atom is -0.385 e. The third-order valence-electron chi connectivity index (χ3n) is 9.92. The first-order valence-corrected chi connectivity index (χ1v) is 19.8. The van der Waals surface area contributed by atoms with Gasteiger partial charge in [-0.25, -0.2) is 4.98 Å². The number of fused-ring (bicyclic) bond motifs is 1. The second-order valence-corrected chi connectivity index (χ2v) is 15.0. The molecule has 0 spiro atoms. The van der Waals surface area contributed by atoms with Crippen LogP contribution in [0.2, 0.25) is 0 Å². The Balaban J connectivity index is 0.842. The van der Waals surface area contributed by atoms with Crippen LogP contribution in [0.3, 0.4) is 0 Å². The molecule has 3 aliphatic rings. The number of benzene rings is 3. The van der Waals surface area contributed by atoms with Gasteiger partial charge in [-0.05, 0) is 79.6 Å². The third-order valence-corrected chi connectivity index (χ3v) is 10.9. The summed E-state index contributed by atoms with van der Waals surface area (Å²) < 4.78 is 11.7. The maximum Gasteiger partial charge on any atom is 0.262 e. The van der Waals surface area contributed by atoms with Crippen LogP contribution >= 0.6 is 0 Å². The number of anilines is 3. The lowest BCUT2D eigenvalue weighted by Gasteiger charge is -2.36. The lowest BCUT2D eigenvalue weighted by atomic mass is 10.0. The average Bonchev–Trinajstić information content (AvgIpc) is 3.44. The average molecular weight is 776 g/mol. The molecule has 2 fully saturated rings. The van der Waals surface area contributed by atoms with E-state index in [2.05, 4.69) is 30.8 Å². The molecule has 2 unspecified atom stereocenters. The van der Waals surface area contributed by atoms with Gasteiger partial charge < -0.3 is 26.2 Å². The molecular weight excluding hydrogens is 735 g/mol. The number of nitrogens with zero attached hydrogens (tertiary/aromatic N) is 5. The highest BCUT2D eigenvalue weighted by Crippen LogP contribution is 2.30. The fourth-order valence-corrected chi connectivity index (χ4v) is 7.46. The number of pyridine rings is 1. The summed E-state index contributed by atoms with van der Waals surface area (Å²) in [5.74, 6) is -1.46. The number of hydrogen-bond donors (Lipinski definition) is 4. The number of aromatic nitrogens is 1. The molecule has 1 aromatic heterocycles. The van der Waals surface area contributed by atoms with Gasteiger partial charge in [0.1, 0.15) is 6.04 Å². The Morgan fingerprint density at radius 2 is 1.62 bits per heavy atom. The molecule has 3 aliphatic heterocycles. The first-order chi connectivity index (χ1) is 27.0. The highest BCUT2D eigenvalue weighted by Gasteiger charge is 2.44. The minimum atomic E-state index is -1.05. The van der Waals surface area contributed by atoms with Crippen LogP contribution in [0.4, 0.5) is 22.9 Å². The molecule has 4 aromatic rings. The first-order valence-electron chi connectivity index (χ1n) is 18.3. The van der Waals surface area contributed by atoms with Crippen molar-refractivity contribution in [1.29, 1.82) is 0 Å². The van der Waals surface area contributed by atoms with Gasteiger partial charge in [0.05, 0.1) is 16.8 Å². The number of carbonyl (C=O) groups excluding carboxylic acids is 5. The number of amides is 5. The van der Waals surface area contributed by atoms with E-state index in [0.717, 1.165) is 32.4 Å².